The van der Waals surface area contributed by atoms with Crippen LogP contribution in [0.2, 0.25) is 0 Å². The number of para-hydroxylation sites is 1. The molecule has 0 aliphatic carbocycles. The number of rotatable bonds is 2. The van der Waals surface area contributed by atoms with E-state index in [-0.39, 0.29) is 0 Å². The van der Waals surface area contributed by atoms with E-state index in [9.17, 15) is 0 Å². The lowest BCUT2D eigenvalue weighted by Gasteiger charge is -2.39. The van der Waals surface area contributed by atoms with Crippen molar-refractivity contribution in [3.8, 4) is 0 Å². The molecule has 3 aliphatic rings. The van der Waals surface area contributed by atoms with Gasteiger partial charge in [-0.1, -0.05) is 18.2 Å². The van der Waals surface area contributed by atoms with Crippen LogP contribution >= 0.6 is 0 Å². The van der Waals surface area contributed by atoms with E-state index in [4.69, 9.17) is 4.74 Å². The zero-order chi connectivity index (χ0) is 14.3. The molecular formula is C18H26N2O. The van der Waals surface area contributed by atoms with Crippen LogP contribution in [0.15, 0.2) is 18.2 Å². The van der Waals surface area contributed by atoms with Gasteiger partial charge in [-0.15, -0.1) is 0 Å². The monoisotopic (exact) mass is 286 g/mol. The highest BCUT2D eigenvalue weighted by molar-refractivity contribution is 5.61. The number of nitrogens with zero attached hydrogens (tertiary/aromatic N) is 1. The Balaban J connectivity index is 1.52. The predicted octanol–water partition coefficient (Wildman–Crippen LogP) is 3.05. The van der Waals surface area contributed by atoms with Crippen molar-refractivity contribution < 1.29 is 4.74 Å². The van der Waals surface area contributed by atoms with E-state index < -0.39 is 0 Å². The molecule has 21 heavy (non-hydrogen) atoms. The van der Waals surface area contributed by atoms with Crippen molar-refractivity contribution in [1.29, 1.82) is 0 Å². The lowest BCUT2D eigenvalue weighted by atomic mass is 9.74. The van der Waals surface area contributed by atoms with Crippen LogP contribution in [0.3, 0.4) is 0 Å². The Morgan fingerprint density at radius 2 is 2.14 bits per heavy atom. The molecule has 3 heterocycles. The number of anilines is 1. The van der Waals surface area contributed by atoms with Crippen LogP contribution in [0, 0.1) is 5.41 Å². The van der Waals surface area contributed by atoms with Gasteiger partial charge in [-0.05, 0) is 55.7 Å². The first-order valence-electron chi connectivity index (χ1n) is 8.45. The Morgan fingerprint density at radius 1 is 1.29 bits per heavy atom. The van der Waals surface area contributed by atoms with Gasteiger partial charge >= 0.3 is 0 Å². The third-order valence-corrected chi connectivity index (χ3v) is 6.13. The second-order valence-corrected chi connectivity index (χ2v) is 7.00. The molecule has 1 aromatic rings. The maximum Gasteiger partial charge on any atom is 0.0471 e. The van der Waals surface area contributed by atoms with Gasteiger partial charge in [0.05, 0.1) is 0 Å². The predicted molar refractivity (Wildman–Crippen MR) is 85.6 cm³/mol. The van der Waals surface area contributed by atoms with Gasteiger partial charge in [0.15, 0.2) is 0 Å². The summed E-state index contributed by atoms with van der Waals surface area (Å²) < 4.78 is 5.59. The van der Waals surface area contributed by atoms with Crippen molar-refractivity contribution >= 4 is 5.69 Å². The molecule has 2 saturated heterocycles. The maximum atomic E-state index is 5.59. The second-order valence-electron chi connectivity index (χ2n) is 7.00. The van der Waals surface area contributed by atoms with Crippen molar-refractivity contribution in [2.45, 2.75) is 45.2 Å². The molecule has 3 nitrogen and oxygen atoms in total. The molecule has 1 spiro atoms. The number of nitrogens with one attached hydrogen (secondary N) is 1. The van der Waals surface area contributed by atoms with Gasteiger partial charge in [0.2, 0.25) is 0 Å². The van der Waals surface area contributed by atoms with E-state index in [1.165, 1.54) is 49.0 Å². The molecular weight excluding hydrogens is 260 g/mol. The summed E-state index contributed by atoms with van der Waals surface area (Å²) in [6, 6.07) is 7.48. The molecule has 1 aromatic carbocycles. The number of fused-ring (bicyclic) bond motifs is 1. The Bertz CT molecular complexity index is 522. The highest BCUT2D eigenvalue weighted by Gasteiger charge is 2.45. The fourth-order valence-electron chi connectivity index (χ4n) is 4.58. The second kappa shape index (κ2) is 5.29. The lowest BCUT2D eigenvalue weighted by Crippen LogP contribution is -2.40. The SMILES string of the molecule is CC1N(Cc2cccc3c2NCC3)CCC12CCOCC2. The summed E-state index contributed by atoms with van der Waals surface area (Å²) in [5.41, 5.74) is 4.92. The Kier molecular flexibility index (Phi) is 3.43. The summed E-state index contributed by atoms with van der Waals surface area (Å²) in [4.78, 5) is 2.70. The molecule has 1 unspecified atom stereocenters. The smallest absolute Gasteiger partial charge is 0.0471 e. The van der Waals surface area contributed by atoms with Crippen molar-refractivity contribution in [3.63, 3.8) is 0 Å². The fourth-order valence-corrected chi connectivity index (χ4v) is 4.58. The van der Waals surface area contributed by atoms with E-state index in [1.54, 1.807) is 0 Å². The highest BCUT2D eigenvalue weighted by Crippen LogP contribution is 2.45. The zero-order valence-electron chi connectivity index (χ0n) is 13.0. The summed E-state index contributed by atoms with van der Waals surface area (Å²) in [6.45, 7) is 7.80. The van der Waals surface area contributed by atoms with E-state index in [0.717, 1.165) is 26.3 Å². The zero-order valence-corrected chi connectivity index (χ0v) is 13.0. The van der Waals surface area contributed by atoms with E-state index in [2.05, 4.69) is 35.3 Å². The minimum Gasteiger partial charge on any atom is -0.384 e. The maximum absolute atomic E-state index is 5.59. The van der Waals surface area contributed by atoms with Gasteiger partial charge in [-0.3, -0.25) is 4.90 Å². The summed E-state index contributed by atoms with van der Waals surface area (Å²) in [7, 11) is 0. The lowest BCUT2D eigenvalue weighted by molar-refractivity contribution is -0.00148. The van der Waals surface area contributed by atoms with Crippen molar-refractivity contribution in [3.05, 3.63) is 29.3 Å². The van der Waals surface area contributed by atoms with Crippen LogP contribution in [0.4, 0.5) is 5.69 Å². The van der Waals surface area contributed by atoms with Crippen LogP contribution in [0.1, 0.15) is 37.3 Å². The molecule has 3 aliphatic heterocycles. The highest BCUT2D eigenvalue weighted by atomic mass is 16.5. The Labute approximate surface area is 127 Å². The minimum atomic E-state index is 0.517. The van der Waals surface area contributed by atoms with Crippen LogP contribution in [0.25, 0.3) is 0 Å². The van der Waals surface area contributed by atoms with E-state index in [1.807, 2.05) is 0 Å². The molecule has 114 valence electrons. The number of hydrogen-bond donors (Lipinski definition) is 1. The standard InChI is InChI=1S/C18H26N2O/c1-14-18(7-11-21-12-8-18)6-10-20(14)13-16-4-2-3-15-5-9-19-17(15)16/h2-4,14,19H,5-13H2,1H3. The largest absolute Gasteiger partial charge is 0.384 e. The third-order valence-electron chi connectivity index (χ3n) is 6.13. The topological polar surface area (TPSA) is 24.5 Å². The Hall–Kier alpha value is -1.06. The summed E-state index contributed by atoms with van der Waals surface area (Å²) in [6.07, 6.45) is 5.02. The van der Waals surface area contributed by atoms with Crippen molar-refractivity contribution in [1.82, 2.24) is 4.90 Å². The summed E-state index contributed by atoms with van der Waals surface area (Å²) in [5, 5.41) is 3.58. The number of likely N-dealkylation sites (tertiary alicyclic amines) is 1. The first kappa shape index (κ1) is 13.6. The number of ether oxygens (including phenoxy) is 1. The quantitative estimate of drug-likeness (QED) is 0.904. The van der Waals surface area contributed by atoms with E-state index in [0.29, 0.717) is 11.5 Å². The average molecular weight is 286 g/mol. The molecule has 4 rings (SSSR count). The third kappa shape index (κ3) is 2.27. The minimum absolute atomic E-state index is 0.517. The number of benzene rings is 1. The van der Waals surface area contributed by atoms with Crippen LogP contribution in [-0.4, -0.2) is 37.2 Å². The first-order chi connectivity index (χ1) is 10.3. The molecule has 1 N–H and O–H groups in total. The summed E-state index contributed by atoms with van der Waals surface area (Å²) in [5.74, 6) is 0. The normalized spacial score (nSPS) is 27.8. The van der Waals surface area contributed by atoms with Gasteiger partial charge in [-0.25, -0.2) is 0 Å². The summed E-state index contributed by atoms with van der Waals surface area (Å²) >= 11 is 0. The molecule has 0 radical (unpaired) electrons. The number of hydrogen-bond acceptors (Lipinski definition) is 3. The molecule has 0 aromatic heterocycles. The van der Waals surface area contributed by atoms with Gasteiger partial charge in [-0.2, -0.15) is 0 Å². The van der Waals surface area contributed by atoms with Gasteiger partial charge in [0, 0.05) is 38.0 Å². The van der Waals surface area contributed by atoms with Crippen LogP contribution in [0.5, 0.6) is 0 Å². The fraction of sp³-hybridized carbons (Fsp3) is 0.667. The molecule has 0 amide bonds. The first-order valence-corrected chi connectivity index (χ1v) is 8.45. The van der Waals surface area contributed by atoms with Gasteiger partial charge < -0.3 is 10.1 Å². The molecule has 0 saturated carbocycles. The van der Waals surface area contributed by atoms with Crippen LogP contribution < -0.4 is 5.32 Å². The molecule has 0 bridgehead atoms. The van der Waals surface area contributed by atoms with Gasteiger partial charge in [0.25, 0.3) is 0 Å². The van der Waals surface area contributed by atoms with E-state index >= 15 is 0 Å². The van der Waals surface area contributed by atoms with Crippen molar-refractivity contribution in [2.75, 3.05) is 31.6 Å². The molecule has 2 fully saturated rings. The van der Waals surface area contributed by atoms with Gasteiger partial charge in [0.1, 0.15) is 0 Å². The Morgan fingerprint density at radius 3 is 3.00 bits per heavy atom. The van der Waals surface area contributed by atoms with Crippen LogP contribution in [-0.2, 0) is 17.7 Å². The molecule has 1 atom stereocenters. The van der Waals surface area contributed by atoms with Crippen molar-refractivity contribution in [2.24, 2.45) is 5.41 Å². The average Bonchev–Trinajstić information content (AvgIpc) is 3.10. The molecule has 3 heteroatoms.